The molecule has 0 spiro atoms. The summed E-state index contributed by atoms with van der Waals surface area (Å²) in [6.45, 7) is 2.63. The molecule has 1 saturated heterocycles. The summed E-state index contributed by atoms with van der Waals surface area (Å²) in [4.78, 5) is 14.1. The van der Waals surface area contributed by atoms with Crippen molar-refractivity contribution in [2.45, 2.75) is 32.2 Å². The van der Waals surface area contributed by atoms with Gasteiger partial charge in [0.2, 0.25) is 0 Å². The Morgan fingerprint density at radius 2 is 2.00 bits per heavy atom. The van der Waals surface area contributed by atoms with Gasteiger partial charge in [0.1, 0.15) is 0 Å². The number of carbonyl (C=O) groups excluding carboxylic acids is 1. The number of nitrogens with zero attached hydrogens (tertiary/aromatic N) is 1. The van der Waals surface area contributed by atoms with Crippen LogP contribution in [0.3, 0.4) is 0 Å². The first kappa shape index (κ1) is 15.4. The standard InChI is InChI=1S/C17H23N3O/c18-10-6-9-15-7-5-8-16(13-15)14-19-17(21)20-11-3-1-2-4-12-20/h5,7-8,13H,1-4,10-12,14,18H2,(H,19,21). The van der Waals surface area contributed by atoms with Gasteiger partial charge in [0.15, 0.2) is 0 Å². The molecule has 4 heteroatoms. The van der Waals surface area contributed by atoms with Gasteiger partial charge >= 0.3 is 6.03 Å². The lowest BCUT2D eigenvalue weighted by molar-refractivity contribution is 0.199. The van der Waals surface area contributed by atoms with Crippen LogP contribution in [0.1, 0.15) is 36.8 Å². The molecular formula is C17H23N3O. The molecule has 1 aromatic carbocycles. The number of likely N-dealkylation sites (tertiary alicyclic amines) is 1. The molecule has 0 aromatic heterocycles. The molecule has 0 saturated carbocycles. The number of hydrogen-bond donors (Lipinski definition) is 2. The first-order valence-corrected chi connectivity index (χ1v) is 7.60. The van der Waals surface area contributed by atoms with Crippen molar-refractivity contribution in [1.82, 2.24) is 10.2 Å². The van der Waals surface area contributed by atoms with Gasteiger partial charge in [-0.15, -0.1) is 0 Å². The Labute approximate surface area is 126 Å². The number of urea groups is 1. The minimum absolute atomic E-state index is 0.0374. The van der Waals surface area contributed by atoms with E-state index in [1.165, 1.54) is 12.8 Å². The van der Waals surface area contributed by atoms with Crippen LogP contribution >= 0.6 is 0 Å². The van der Waals surface area contributed by atoms with E-state index in [0.29, 0.717) is 13.1 Å². The van der Waals surface area contributed by atoms with E-state index in [0.717, 1.165) is 37.1 Å². The van der Waals surface area contributed by atoms with Crippen LogP contribution in [-0.2, 0) is 6.54 Å². The van der Waals surface area contributed by atoms with E-state index in [2.05, 4.69) is 17.2 Å². The number of nitrogens with two attached hydrogens (primary N) is 1. The quantitative estimate of drug-likeness (QED) is 0.817. The Kier molecular flexibility index (Phi) is 6.11. The van der Waals surface area contributed by atoms with Crippen LogP contribution in [0.25, 0.3) is 0 Å². The Bertz CT molecular complexity index is 522. The maximum absolute atomic E-state index is 12.2. The predicted molar refractivity (Wildman–Crippen MR) is 84.7 cm³/mol. The molecule has 4 nitrogen and oxygen atoms in total. The lowest BCUT2D eigenvalue weighted by atomic mass is 10.1. The van der Waals surface area contributed by atoms with E-state index in [9.17, 15) is 4.79 Å². The largest absolute Gasteiger partial charge is 0.334 e. The minimum atomic E-state index is 0.0374. The molecule has 1 fully saturated rings. The lowest BCUT2D eigenvalue weighted by Gasteiger charge is -2.20. The normalized spacial score (nSPS) is 14.8. The number of amides is 2. The maximum atomic E-state index is 12.2. The summed E-state index contributed by atoms with van der Waals surface area (Å²) >= 11 is 0. The fourth-order valence-electron chi connectivity index (χ4n) is 2.48. The van der Waals surface area contributed by atoms with Crippen molar-refractivity contribution >= 4 is 6.03 Å². The van der Waals surface area contributed by atoms with Crippen LogP contribution < -0.4 is 11.1 Å². The van der Waals surface area contributed by atoms with Gasteiger partial charge in [-0.3, -0.25) is 0 Å². The van der Waals surface area contributed by atoms with Gasteiger partial charge in [0.25, 0.3) is 0 Å². The molecule has 1 aliphatic rings. The van der Waals surface area contributed by atoms with Crippen LogP contribution in [-0.4, -0.2) is 30.6 Å². The first-order valence-electron chi connectivity index (χ1n) is 7.60. The summed E-state index contributed by atoms with van der Waals surface area (Å²) in [7, 11) is 0. The second kappa shape index (κ2) is 8.33. The highest BCUT2D eigenvalue weighted by Crippen LogP contribution is 2.10. The van der Waals surface area contributed by atoms with Crippen LogP contribution in [0.2, 0.25) is 0 Å². The molecule has 2 rings (SSSR count). The highest BCUT2D eigenvalue weighted by Gasteiger charge is 2.14. The van der Waals surface area contributed by atoms with Crippen LogP contribution in [0.4, 0.5) is 4.79 Å². The third-order valence-corrected chi connectivity index (χ3v) is 3.60. The number of carbonyl (C=O) groups is 1. The van der Waals surface area contributed by atoms with Gasteiger partial charge in [-0.1, -0.05) is 36.8 Å². The topological polar surface area (TPSA) is 58.4 Å². The average Bonchev–Trinajstić information content (AvgIpc) is 2.80. The van der Waals surface area contributed by atoms with Crippen molar-refractivity contribution in [2.24, 2.45) is 5.73 Å². The number of benzene rings is 1. The molecule has 1 aromatic rings. The summed E-state index contributed by atoms with van der Waals surface area (Å²) in [5.74, 6) is 5.84. The van der Waals surface area contributed by atoms with Crippen molar-refractivity contribution in [1.29, 1.82) is 0 Å². The molecule has 2 amide bonds. The molecule has 0 atom stereocenters. The van der Waals surface area contributed by atoms with Crippen molar-refractivity contribution in [2.75, 3.05) is 19.6 Å². The average molecular weight is 285 g/mol. The van der Waals surface area contributed by atoms with Crippen LogP contribution in [0.5, 0.6) is 0 Å². The zero-order chi connectivity index (χ0) is 14.9. The Morgan fingerprint density at radius 3 is 2.71 bits per heavy atom. The second-order valence-corrected chi connectivity index (χ2v) is 5.27. The van der Waals surface area contributed by atoms with Crippen molar-refractivity contribution < 1.29 is 4.79 Å². The van der Waals surface area contributed by atoms with E-state index in [4.69, 9.17) is 5.73 Å². The van der Waals surface area contributed by atoms with E-state index in [1.54, 1.807) is 0 Å². The fraction of sp³-hybridized carbons (Fsp3) is 0.471. The molecule has 0 radical (unpaired) electrons. The highest BCUT2D eigenvalue weighted by atomic mass is 16.2. The van der Waals surface area contributed by atoms with E-state index >= 15 is 0 Å². The monoisotopic (exact) mass is 285 g/mol. The van der Waals surface area contributed by atoms with Crippen molar-refractivity contribution in [3.63, 3.8) is 0 Å². The number of rotatable bonds is 2. The Hall–Kier alpha value is -1.99. The molecular weight excluding hydrogens is 262 g/mol. The summed E-state index contributed by atoms with van der Waals surface area (Å²) in [5, 5.41) is 2.99. The van der Waals surface area contributed by atoms with E-state index < -0.39 is 0 Å². The smallest absolute Gasteiger partial charge is 0.317 e. The highest BCUT2D eigenvalue weighted by molar-refractivity contribution is 5.74. The molecule has 3 N–H and O–H groups in total. The van der Waals surface area contributed by atoms with E-state index in [-0.39, 0.29) is 6.03 Å². The summed E-state index contributed by atoms with van der Waals surface area (Å²) in [5.41, 5.74) is 7.36. The third kappa shape index (κ3) is 5.13. The summed E-state index contributed by atoms with van der Waals surface area (Å²) in [6, 6.07) is 7.92. The second-order valence-electron chi connectivity index (χ2n) is 5.27. The molecule has 1 heterocycles. The molecule has 0 aliphatic carbocycles. The Balaban J connectivity index is 1.88. The van der Waals surface area contributed by atoms with Gasteiger partial charge in [0, 0.05) is 25.2 Å². The SMILES string of the molecule is NCC#Cc1cccc(CNC(=O)N2CCCCCC2)c1. The number of hydrogen-bond acceptors (Lipinski definition) is 2. The van der Waals surface area contributed by atoms with Crippen molar-refractivity contribution in [3.8, 4) is 11.8 Å². The number of nitrogens with one attached hydrogen (secondary N) is 1. The van der Waals surface area contributed by atoms with Crippen molar-refractivity contribution in [3.05, 3.63) is 35.4 Å². The predicted octanol–water partition coefficient (Wildman–Crippen LogP) is 2.08. The molecule has 0 unspecified atom stereocenters. The zero-order valence-electron chi connectivity index (χ0n) is 12.4. The van der Waals surface area contributed by atoms with Gasteiger partial charge in [-0.25, -0.2) is 4.79 Å². The van der Waals surface area contributed by atoms with Gasteiger partial charge in [-0.2, -0.15) is 0 Å². The molecule has 1 aliphatic heterocycles. The fourth-order valence-corrected chi connectivity index (χ4v) is 2.48. The lowest BCUT2D eigenvalue weighted by Crippen LogP contribution is -2.40. The van der Waals surface area contributed by atoms with Crippen LogP contribution in [0.15, 0.2) is 24.3 Å². The maximum Gasteiger partial charge on any atom is 0.317 e. The first-order chi connectivity index (χ1) is 10.3. The van der Waals surface area contributed by atoms with Gasteiger partial charge in [-0.05, 0) is 30.5 Å². The van der Waals surface area contributed by atoms with E-state index in [1.807, 2.05) is 29.2 Å². The van der Waals surface area contributed by atoms with Crippen LogP contribution in [0, 0.1) is 11.8 Å². The van der Waals surface area contributed by atoms with Gasteiger partial charge in [0.05, 0.1) is 6.54 Å². The summed E-state index contributed by atoms with van der Waals surface area (Å²) < 4.78 is 0. The molecule has 0 bridgehead atoms. The summed E-state index contributed by atoms with van der Waals surface area (Å²) in [6.07, 6.45) is 4.67. The third-order valence-electron chi connectivity index (χ3n) is 3.60. The molecule has 21 heavy (non-hydrogen) atoms. The Morgan fingerprint density at radius 1 is 1.24 bits per heavy atom. The zero-order valence-corrected chi connectivity index (χ0v) is 12.4. The minimum Gasteiger partial charge on any atom is -0.334 e. The van der Waals surface area contributed by atoms with Gasteiger partial charge < -0.3 is 16.0 Å². The molecule has 112 valence electrons.